The molecule has 1 aliphatic heterocycles. The van der Waals surface area contributed by atoms with E-state index in [2.05, 4.69) is 64.1 Å². The first-order valence-electron chi connectivity index (χ1n) is 11.7. The summed E-state index contributed by atoms with van der Waals surface area (Å²) in [7, 11) is 4.42. The van der Waals surface area contributed by atoms with Gasteiger partial charge in [-0.15, -0.1) is 0 Å². The maximum atomic E-state index is 5.07. The molecule has 6 heteroatoms. The molecule has 0 saturated carbocycles. The fourth-order valence-electron chi connectivity index (χ4n) is 5.15. The number of hydrogen-bond acceptors (Lipinski definition) is 5. The van der Waals surface area contributed by atoms with Crippen LogP contribution < -0.4 is 4.90 Å². The number of fused-ring (bicyclic) bond motifs is 2. The van der Waals surface area contributed by atoms with Crippen LogP contribution in [0.3, 0.4) is 0 Å². The van der Waals surface area contributed by atoms with Gasteiger partial charge in [-0.3, -0.25) is 9.88 Å². The van der Waals surface area contributed by atoms with Gasteiger partial charge in [-0.2, -0.15) is 0 Å². The van der Waals surface area contributed by atoms with E-state index in [1.54, 1.807) is 0 Å². The average molecular weight is 419 g/mol. The zero-order chi connectivity index (χ0) is 21.2. The van der Waals surface area contributed by atoms with Crippen LogP contribution in [0.2, 0.25) is 0 Å². The van der Waals surface area contributed by atoms with Gasteiger partial charge in [-0.25, -0.2) is 4.98 Å². The molecule has 0 radical (unpaired) electrons. The third-order valence-corrected chi connectivity index (χ3v) is 6.98. The number of piperazine rings is 1. The van der Waals surface area contributed by atoms with Gasteiger partial charge in [0.15, 0.2) is 0 Å². The minimum atomic E-state index is 0.349. The van der Waals surface area contributed by atoms with Crippen molar-refractivity contribution in [1.29, 1.82) is 0 Å². The summed E-state index contributed by atoms with van der Waals surface area (Å²) in [6.07, 6.45) is 8.09. The molecule has 1 aromatic carbocycles. The maximum absolute atomic E-state index is 5.07. The lowest BCUT2D eigenvalue weighted by Crippen LogP contribution is -2.44. The van der Waals surface area contributed by atoms with Gasteiger partial charge in [-0.05, 0) is 57.1 Å². The quantitative estimate of drug-likeness (QED) is 0.694. The summed E-state index contributed by atoms with van der Waals surface area (Å²) in [5.74, 6) is 1.04. The van der Waals surface area contributed by atoms with E-state index in [-0.39, 0.29) is 0 Å². The van der Waals surface area contributed by atoms with Gasteiger partial charge >= 0.3 is 0 Å². The number of imidazole rings is 1. The number of para-hydroxylation sites is 1. The molecule has 6 nitrogen and oxygen atoms in total. The van der Waals surface area contributed by atoms with Crippen molar-refractivity contribution in [3.63, 3.8) is 0 Å². The van der Waals surface area contributed by atoms with Gasteiger partial charge in [0, 0.05) is 32.4 Å². The predicted molar refractivity (Wildman–Crippen MR) is 126 cm³/mol. The summed E-state index contributed by atoms with van der Waals surface area (Å²) in [6.45, 7) is 5.12. The number of nitrogens with one attached hydrogen (secondary N) is 1. The van der Waals surface area contributed by atoms with Crippen molar-refractivity contribution in [2.24, 2.45) is 0 Å². The molecule has 3 aromatic rings. The summed E-state index contributed by atoms with van der Waals surface area (Å²) < 4.78 is 0. The highest BCUT2D eigenvalue weighted by Gasteiger charge is 2.24. The molecular formula is C25H34N6. The largest absolute Gasteiger partial charge is 0.367 e. The molecule has 31 heavy (non-hydrogen) atoms. The summed E-state index contributed by atoms with van der Waals surface area (Å²) in [5.41, 5.74) is 6.18. The van der Waals surface area contributed by atoms with Crippen LogP contribution in [-0.4, -0.2) is 65.0 Å². The van der Waals surface area contributed by atoms with Crippen molar-refractivity contribution in [3.8, 4) is 0 Å². The molecule has 0 bridgehead atoms. The normalized spacial score (nSPS) is 20.6. The monoisotopic (exact) mass is 418 g/mol. The highest BCUT2D eigenvalue weighted by atomic mass is 15.3. The number of aryl methyl sites for hydroxylation is 1. The molecule has 2 aliphatic rings. The maximum Gasteiger partial charge on any atom is 0.121 e. The Bertz CT molecular complexity index is 1020. The predicted octanol–water partition coefficient (Wildman–Crippen LogP) is 4.00. The Labute approximate surface area is 185 Å². The lowest BCUT2D eigenvalue weighted by molar-refractivity contribution is 0.208. The Morgan fingerprint density at radius 1 is 1.06 bits per heavy atom. The van der Waals surface area contributed by atoms with Crippen LogP contribution >= 0.6 is 0 Å². The highest BCUT2D eigenvalue weighted by molar-refractivity contribution is 5.89. The second-order valence-corrected chi connectivity index (χ2v) is 9.23. The zero-order valence-electron chi connectivity index (χ0n) is 18.8. The first kappa shape index (κ1) is 20.5. The number of H-pyrrole nitrogens is 1. The van der Waals surface area contributed by atoms with E-state index in [0.29, 0.717) is 6.04 Å². The zero-order valence-corrected chi connectivity index (χ0v) is 18.8. The molecule has 1 saturated heterocycles. The number of aromatic amines is 1. The molecule has 2 aromatic heterocycles. The van der Waals surface area contributed by atoms with Crippen molar-refractivity contribution < 1.29 is 0 Å². The van der Waals surface area contributed by atoms with E-state index in [0.717, 1.165) is 62.4 Å². The van der Waals surface area contributed by atoms with Crippen LogP contribution in [0.5, 0.6) is 0 Å². The van der Waals surface area contributed by atoms with Crippen molar-refractivity contribution >= 4 is 16.7 Å². The number of aromatic nitrogens is 3. The first-order chi connectivity index (χ1) is 15.2. The minimum Gasteiger partial charge on any atom is -0.367 e. The molecule has 5 rings (SSSR count). The van der Waals surface area contributed by atoms with Gasteiger partial charge in [0.2, 0.25) is 0 Å². The topological polar surface area (TPSA) is 51.3 Å². The van der Waals surface area contributed by atoms with Gasteiger partial charge < -0.3 is 14.8 Å². The van der Waals surface area contributed by atoms with E-state index in [4.69, 9.17) is 9.97 Å². The number of nitrogens with zero attached hydrogens (tertiary/aromatic N) is 5. The number of hydrogen-bond donors (Lipinski definition) is 1. The first-order valence-corrected chi connectivity index (χ1v) is 11.7. The Morgan fingerprint density at radius 2 is 1.94 bits per heavy atom. The van der Waals surface area contributed by atoms with Crippen molar-refractivity contribution in [2.75, 3.05) is 45.2 Å². The van der Waals surface area contributed by atoms with E-state index in [1.165, 1.54) is 36.2 Å². The lowest BCUT2D eigenvalue weighted by atomic mass is 9.93. The van der Waals surface area contributed by atoms with Crippen LogP contribution in [0.15, 0.2) is 36.5 Å². The van der Waals surface area contributed by atoms with E-state index >= 15 is 0 Å². The number of pyridine rings is 1. The smallest absolute Gasteiger partial charge is 0.121 e. The molecule has 3 heterocycles. The second kappa shape index (κ2) is 8.97. The Kier molecular flexibility index (Phi) is 5.92. The Hall–Kier alpha value is -2.44. The van der Waals surface area contributed by atoms with Gasteiger partial charge in [0.05, 0.1) is 29.5 Å². The number of rotatable bonds is 4. The molecule has 164 valence electrons. The third kappa shape index (κ3) is 4.32. The summed E-state index contributed by atoms with van der Waals surface area (Å²) in [6, 6.07) is 11.2. The van der Waals surface area contributed by atoms with Crippen molar-refractivity contribution in [3.05, 3.63) is 53.6 Å². The Balaban J connectivity index is 1.39. The van der Waals surface area contributed by atoms with Crippen LogP contribution in [0.4, 0.5) is 5.69 Å². The van der Waals surface area contributed by atoms with Gasteiger partial charge in [-0.1, -0.05) is 25.0 Å². The minimum absolute atomic E-state index is 0.349. The number of likely N-dealkylation sites (N-methyl/N-ethyl adjacent to an activating group) is 1. The number of benzene rings is 1. The van der Waals surface area contributed by atoms with Crippen molar-refractivity contribution in [1.82, 2.24) is 24.8 Å². The molecule has 1 atom stereocenters. The van der Waals surface area contributed by atoms with Crippen LogP contribution in [0, 0.1) is 0 Å². The van der Waals surface area contributed by atoms with Crippen LogP contribution in [0.1, 0.15) is 48.8 Å². The fourth-order valence-corrected chi connectivity index (χ4v) is 5.15. The second-order valence-electron chi connectivity index (χ2n) is 9.23. The fraction of sp³-hybridized carbons (Fsp3) is 0.520. The third-order valence-electron chi connectivity index (χ3n) is 6.98. The molecule has 1 fully saturated rings. The van der Waals surface area contributed by atoms with E-state index in [1.807, 2.05) is 6.20 Å². The number of anilines is 1. The Morgan fingerprint density at radius 3 is 2.81 bits per heavy atom. The average Bonchev–Trinajstić information content (AvgIpc) is 3.17. The summed E-state index contributed by atoms with van der Waals surface area (Å²) in [5, 5.41) is 0. The molecule has 0 spiro atoms. The molecule has 1 aliphatic carbocycles. The summed E-state index contributed by atoms with van der Waals surface area (Å²) in [4.78, 5) is 20.8. The lowest BCUT2D eigenvalue weighted by Gasteiger charge is -2.34. The van der Waals surface area contributed by atoms with E-state index in [9.17, 15) is 0 Å². The molecule has 0 amide bonds. The SMILES string of the molecule is CN1CCN(c2cccc3[nH]c(CN(C)C4CCCCCc5cccnc54)nc23)CC1. The van der Waals surface area contributed by atoms with E-state index < -0.39 is 0 Å². The molecule has 1 unspecified atom stereocenters. The summed E-state index contributed by atoms with van der Waals surface area (Å²) >= 11 is 0. The standard InChI is InChI=1S/C25H34N6/c1-29-14-16-31(17-15-29)22-12-6-10-20-25(22)28-23(27-20)18-30(2)21-11-5-3-4-8-19-9-7-13-26-24(19)21/h6-7,9-10,12-13,21H,3-5,8,11,14-18H2,1-2H3,(H,27,28). The van der Waals surface area contributed by atoms with Crippen LogP contribution in [0.25, 0.3) is 11.0 Å². The van der Waals surface area contributed by atoms with Crippen molar-refractivity contribution in [2.45, 2.75) is 44.7 Å². The molecule has 1 N–H and O–H groups in total. The molecular weight excluding hydrogens is 384 g/mol. The highest BCUT2D eigenvalue weighted by Crippen LogP contribution is 2.32. The van der Waals surface area contributed by atoms with Gasteiger partial charge in [0.1, 0.15) is 11.3 Å². The van der Waals surface area contributed by atoms with Crippen LogP contribution in [-0.2, 0) is 13.0 Å². The van der Waals surface area contributed by atoms with Gasteiger partial charge in [0.25, 0.3) is 0 Å².